The van der Waals surface area contributed by atoms with Gasteiger partial charge < -0.3 is 79.6 Å². The number of thiazole rings is 1. The summed E-state index contributed by atoms with van der Waals surface area (Å²) in [6, 6.07) is 24.8. The van der Waals surface area contributed by atoms with Crippen LogP contribution in [0.4, 0.5) is 11.5 Å². The van der Waals surface area contributed by atoms with Gasteiger partial charge in [-0.25, -0.2) is 28.3 Å². The molecule has 4 amide bonds. The predicted octanol–water partition coefficient (Wildman–Crippen LogP) is 6.20. The maximum Gasteiger partial charge on any atom is 0.490 e. The molecule has 5 heterocycles. The molecule has 3 aromatic heterocycles. The number of hydrogen-bond acceptors (Lipinski definition) is 25. The maximum atomic E-state index is 14.2. The van der Waals surface area contributed by atoms with Crippen LogP contribution in [0, 0.1) is 11.8 Å². The van der Waals surface area contributed by atoms with E-state index >= 15 is 0 Å². The zero-order valence-corrected chi connectivity index (χ0v) is 56.9. The number of carbonyl (C=O) groups excluding carboxylic acids is 4. The summed E-state index contributed by atoms with van der Waals surface area (Å²) in [5.74, 6) is 3.39. The second-order valence-corrected chi connectivity index (χ2v) is 27.3. The Morgan fingerprint density at radius 1 is 0.881 bits per heavy atom. The van der Waals surface area contributed by atoms with Crippen LogP contribution in [0.3, 0.4) is 0 Å². The second kappa shape index (κ2) is 35.3. The van der Waals surface area contributed by atoms with Crippen molar-refractivity contribution in [1.82, 2.24) is 35.8 Å². The maximum absolute atomic E-state index is 14.2. The molecular weight excluding hydrogens is 1410 g/mol. The predicted molar refractivity (Wildman–Crippen MR) is 361 cm³/mol. The van der Waals surface area contributed by atoms with Crippen LogP contribution < -0.4 is 48.0 Å². The zero-order chi connectivity index (χ0) is 72.3. The average molecular weight is 1470 g/mol. The van der Waals surface area contributed by atoms with Crippen molar-refractivity contribution in [2.45, 2.75) is 63.7 Å². The van der Waals surface area contributed by atoms with Crippen LogP contribution in [0.25, 0.3) is 63.8 Å². The van der Waals surface area contributed by atoms with Crippen LogP contribution in [0.5, 0.6) is 5.75 Å². The van der Waals surface area contributed by atoms with Crippen LogP contribution in [-0.2, 0) is 61.8 Å². The van der Waals surface area contributed by atoms with E-state index in [9.17, 15) is 52.2 Å². The summed E-state index contributed by atoms with van der Waals surface area (Å²) in [5, 5.41) is 18.9. The van der Waals surface area contributed by atoms with E-state index < -0.39 is 97.1 Å². The van der Waals surface area contributed by atoms with E-state index in [4.69, 9.17) is 59.7 Å². The van der Waals surface area contributed by atoms with E-state index in [2.05, 4.69) is 89.2 Å². The lowest BCUT2D eigenvalue weighted by atomic mass is 9.90. The topological polar surface area (TPSA) is 527 Å². The summed E-state index contributed by atoms with van der Waals surface area (Å²) < 4.78 is 82.9. The number of carbonyl (C=O) groups is 4. The molecule has 0 spiro atoms. The van der Waals surface area contributed by atoms with Crippen molar-refractivity contribution in [3.63, 3.8) is 0 Å². The van der Waals surface area contributed by atoms with E-state index in [0.29, 0.717) is 39.1 Å². The fourth-order valence-corrected chi connectivity index (χ4v) is 14.6. The van der Waals surface area contributed by atoms with Crippen molar-refractivity contribution >= 4 is 91.1 Å². The minimum Gasteiger partial charge on any atom is -0.491 e. The molecule has 6 unspecified atom stereocenters. The van der Waals surface area contributed by atoms with Gasteiger partial charge in [-0.1, -0.05) is 58.5 Å². The molecule has 2 aliphatic rings. The first-order chi connectivity index (χ1) is 48.4. The van der Waals surface area contributed by atoms with E-state index in [1.54, 1.807) is 30.3 Å². The van der Waals surface area contributed by atoms with Crippen LogP contribution in [0.15, 0.2) is 115 Å². The largest absolute Gasteiger partial charge is 0.491 e. The lowest BCUT2D eigenvalue weighted by Gasteiger charge is -2.30. The number of fused-ring (bicyclic) bond motifs is 3. The number of phosphoric ester groups is 1. The van der Waals surface area contributed by atoms with Gasteiger partial charge in [-0.15, -0.1) is 11.3 Å². The average Bonchev–Trinajstić information content (AvgIpc) is 1.72. The summed E-state index contributed by atoms with van der Waals surface area (Å²) in [7, 11) is -17.1. The molecule has 4 aromatic carbocycles. The molecule has 0 bridgehead atoms. The molecule has 1 fully saturated rings. The van der Waals surface area contributed by atoms with E-state index in [1.807, 2.05) is 42.5 Å². The number of ether oxygens (including phenoxy) is 5. The molecule has 2 aliphatic heterocycles. The third kappa shape index (κ3) is 21.3. The Hall–Kier alpha value is -9.43. The lowest BCUT2D eigenvalue weighted by Crippen LogP contribution is -2.35. The Balaban J connectivity index is 0.676. The van der Waals surface area contributed by atoms with Crippen LogP contribution in [0.1, 0.15) is 70.7 Å². The van der Waals surface area contributed by atoms with Gasteiger partial charge >= 0.3 is 34.8 Å². The minimum absolute atomic E-state index is 0.0294. The number of nitrogens with one attached hydrogen (secondary N) is 4. The number of aryl methyl sites for hydroxylation is 1. The molecule has 41 heteroatoms. The number of anilines is 2. The number of hydrogen-bond donors (Lipinski definition) is 9. The number of phosphoric acid groups is 3. The summed E-state index contributed by atoms with van der Waals surface area (Å²) in [6.07, 6.45) is -1.93. The fraction of sp³-hybridized carbons (Fsp3) is 0.367. The highest BCUT2D eigenvalue weighted by atomic mass is 32.1. The van der Waals surface area contributed by atoms with Crippen molar-refractivity contribution < 1.29 is 93.7 Å². The van der Waals surface area contributed by atoms with Crippen molar-refractivity contribution in [3.05, 3.63) is 155 Å². The third-order valence-electron chi connectivity index (χ3n) is 15.0. The number of rotatable bonds is 34. The summed E-state index contributed by atoms with van der Waals surface area (Å²) in [4.78, 5) is 133. The second-order valence-electron chi connectivity index (χ2n) is 21.8. The van der Waals surface area contributed by atoms with Gasteiger partial charge in [0.2, 0.25) is 11.8 Å². The molecule has 9 rings (SSSR count). The molecule has 0 saturated carbocycles. The van der Waals surface area contributed by atoms with Gasteiger partial charge in [0.15, 0.2) is 6.23 Å². The Bertz CT molecular complexity index is 4630. The smallest absolute Gasteiger partial charge is 0.490 e. The lowest BCUT2D eigenvalue weighted by molar-refractivity contribution is -0.126. The minimum atomic E-state index is -5.86. The first-order valence-corrected chi connectivity index (χ1v) is 36.1. The summed E-state index contributed by atoms with van der Waals surface area (Å²) in [6.45, 7) is 1.22. The van der Waals surface area contributed by atoms with Crippen LogP contribution in [0.2, 0.25) is 0 Å². The fourth-order valence-electron chi connectivity index (χ4n) is 10.6. The van der Waals surface area contributed by atoms with E-state index in [0.717, 1.165) is 58.2 Å². The number of nitrogens with two attached hydrogens (primary N) is 1. The quantitative estimate of drug-likeness (QED) is 0.00412. The molecule has 6 atom stereocenters. The van der Waals surface area contributed by atoms with Gasteiger partial charge in [0.05, 0.1) is 48.2 Å². The zero-order valence-electron chi connectivity index (χ0n) is 53.4. The Morgan fingerprint density at radius 2 is 1.66 bits per heavy atom. The molecular formula is C60H66N15O22P3S. The molecule has 101 heavy (non-hydrogen) atoms. The number of amides is 4. The molecule has 534 valence electrons. The van der Waals surface area contributed by atoms with Crippen LogP contribution in [-0.4, -0.2) is 155 Å². The van der Waals surface area contributed by atoms with Gasteiger partial charge in [-0.2, -0.15) is 13.6 Å². The highest BCUT2D eigenvalue weighted by Crippen LogP contribution is 2.66. The van der Waals surface area contributed by atoms with Crippen molar-refractivity contribution in [1.29, 1.82) is 0 Å². The van der Waals surface area contributed by atoms with Gasteiger partial charge in [0.25, 0.3) is 11.8 Å². The monoisotopic (exact) mass is 1470 g/mol. The number of aromatic nitrogens is 3. The molecule has 0 aliphatic carbocycles. The highest BCUT2D eigenvalue weighted by Gasteiger charge is 2.44. The van der Waals surface area contributed by atoms with Gasteiger partial charge in [0.1, 0.15) is 60.0 Å². The van der Waals surface area contributed by atoms with Gasteiger partial charge in [-0.3, -0.25) is 28.3 Å². The van der Waals surface area contributed by atoms with E-state index in [1.165, 1.54) is 17.4 Å². The normalized spacial score (nSPS) is 16.4. The van der Waals surface area contributed by atoms with Crippen LogP contribution >= 0.6 is 34.8 Å². The molecule has 0 radical (unpaired) electrons. The van der Waals surface area contributed by atoms with Gasteiger partial charge in [0, 0.05) is 95.4 Å². The SMILES string of the molecule is CCN1CCCc2cc3c(-c4ccccc4C(=O)NCCCC(=O)NCCNC(=O)c4cccc(OCC(N=[N+]=[N-])OCCOCC(=O)NCC#Cc5cn(C6CC(OCN=[N+]=[N-])C(COP(=O)(O)OP(=O)(O)OP(=O)(O)O)O6)c(=O)nc5N)c4)c(-c4nc5ccccc5s4)c(=O)oc3cc21. The molecule has 1 saturated heterocycles. The van der Waals surface area contributed by atoms with Crippen molar-refractivity contribution in [3.8, 4) is 39.3 Å². The molecule has 7 aromatic rings. The Labute approximate surface area is 576 Å². The standard InChI is InChI=1S/C60H66N15O22P3S/c1-2-74-24-10-13-36-28-42-45(29-44(36)74)95-59(80)54(58-69-43-17-5-6-18-48(43)101-58)53(42)40-15-3-4-16-41(40)57(79)66-21-9-19-49(76)65-22-23-67-56(78)37-11-7-14-39(27-37)91-34-51(71-73-63)90-26-25-89-33-50(77)64-20-8-12-38-31-75(60(81)70-55(38)61)52-30-46(92-35-68-72-62)47(94-52)32-93-99(85,86)97-100(87,88)96-98(82,83)84/h3-7,11,14-18,27-29,31,46-47,51-52H,2,9-10,13,19-26,30,32-35H2,1H3,(H,64,77)(H,65,76)(H,66,79)(H,67,78)(H,85,86)(H,87,88)(H2,61,70,81)(H2,82,83,84). The summed E-state index contributed by atoms with van der Waals surface area (Å²) >= 11 is 1.37. The Kier molecular flexibility index (Phi) is 26.4. The van der Waals surface area contributed by atoms with E-state index in [-0.39, 0.29) is 93.0 Å². The first kappa shape index (κ1) is 75.8. The van der Waals surface area contributed by atoms with Crippen molar-refractivity contribution in [2.75, 3.05) is 89.7 Å². The Morgan fingerprint density at radius 3 is 2.45 bits per heavy atom. The van der Waals surface area contributed by atoms with Gasteiger partial charge in [-0.05, 0) is 90.8 Å². The highest BCUT2D eigenvalue weighted by molar-refractivity contribution is 7.66. The number of para-hydroxylation sites is 1. The number of nitrogen functional groups attached to an aromatic ring is 1. The third-order valence-corrected chi connectivity index (χ3v) is 19.8. The van der Waals surface area contributed by atoms with Crippen molar-refractivity contribution in [2.24, 2.45) is 10.2 Å². The summed E-state index contributed by atoms with van der Waals surface area (Å²) in [5.41, 5.74) is 27.3. The number of nitrogens with zero attached hydrogens (tertiary/aromatic N) is 10. The first-order valence-electron chi connectivity index (χ1n) is 30.8. The molecule has 37 nitrogen and oxygen atoms in total. The molecule has 10 N–H and O–H groups in total. The number of benzene rings is 4. The number of azide groups is 2.